The number of aromatic nitrogens is 3. The number of hydrogen-bond acceptors (Lipinski definition) is 9. The Bertz CT molecular complexity index is 1060. The van der Waals surface area contributed by atoms with Gasteiger partial charge in [-0.1, -0.05) is 5.92 Å². The molecule has 1 fully saturated rings. The molecular weight excluding hydrogens is 450 g/mol. The minimum absolute atomic E-state index is 0.0476. The quantitative estimate of drug-likeness (QED) is 0.341. The number of piperidine rings is 1. The van der Waals surface area contributed by atoms with E-state index in [1.54, 1.807) is 23.1 Å². The highest BCUT2D eigenvalue weighted by molar-refractivity contribution is 5.72. The maximum atomic E-state index is 12.5. The highest BCUT2D eigenvalue weighted by Crippen LogP contribution is 2.34. The molecule has 1 aliphatic heterocycles. The molecule has 1 aromatic carbocycles. The topological polar surface area (TPSA) is 108 Å². The summed E-state index contributed by atoms with van der Waals surface area (Å²) in [4.78, 5) is 18.7. The number of terminal acetylenes is 1. The van der Waals surface area contributed by atoms with Gasteiger partial charge in [-0.3, -0.25) is 0 Å². The number of methoxy groups -OCH3 is 1. The van der Waals surface area contributed by atoms with Crippen LogP contribution in [0.4, 0.5) is 10.7 Å². The molecule has 0 unspecified atom stereocenters. The molecule has 0 saturated carbocycles. The Balaban J connectivity index is 1.78. The Hall–Kier alpha value is -3.58. The predicted octanol–water partition coefficient (Wildman–Crippen LogP) is 3.71. The number of anilines is 1. The van der Waals surface area contributed by atoms with Gasteiger partial charge in [0.15, 0.2) is 12.5 Å². The van der Waals surface area contributed by atoms with Crippen LogP contribution in [0, 0.1) is 12.3 Å². The van der Waals surface area contributed by atoms with E-state index in [1.807, 2.05) is 27.7 Å². The van der Waals surface area contributed by atoms with Crippen molar-refractivity contribution in [3.63, 3.8) is 0 Å². The number of carbonyl (C=O) groups excluding carboxylic acids is 1. The standard InChI is InChI=1S/C25H33N5O5/c1-7-17-11-12-19(20(14-17)34-16-33-8-2)21-22(32-6)27-23(29-28-21)26-18-10-9-13-30(15-18)24(31)35-25(3,4)5/h1,11-12,14,18H,8-10,13,15-16H2,2-6H3,(H,26,27,29)/t18-/m1/s1. The van der Waals surface area contributed by atoms with E-state index in [0.29, 0.717) is 48.2 Å². The van der Waals surface area contributed by atoms with Crippen molar-refractivity contribution in [1.29, 1.82) is 0 Å². The van der Waals surface area contributed by atoms with Crippen LogP contribution in [0.25, 0.3) is 11.3 Å². The molecule has 0 spiro atoms. The first-order valence-electron chi connectivity index (χ1n) is 11.6. The molecule has 1 atom stereocenters. The van der Waals surface area contributed by atoms with E-state index in [-0.39, 0.29) is 24.8 Å². The second-order valence-electron chi connectivity index (χ2n) is 9.01. The van der Waals surface area contributed by atoms with Crippen LogP contribution in [-0.2, 0) is 9.47 Å². The smallest absolute Gasteiger partial charge is 0.410 e. The van der Waals surface area contributed by atoms with Gasteiger partial charge in [0.2, 0.25) is 11.8 Å². The molecule has 3 rings (SSSR count). The fraction of sp³-hybridized carbons (Fsp3) is 0.520. The van der Waals surface area contributed by atoms with Crippen LogP contribution in [0.1, 0.15) is 46.1 Å². The van der Waals surface area contributed by atoms with Crippen molar-refractivity contribution in [2.24, 2.45) is 0 Å². The normalized spacial score (nSPS) is 15.8. The molecular formula is C25H33N5O5. The molecule has 2 heterocycles. The van der Waals surface area contributed by atoms with E-state index in [1.165, 1.54) is 7.11 Å². The average molecular weight is 484 g/mol. The summed E-state index contributed by atoms with van der Waals surface area (Å²) in [6.07, 6.45) is 6.91. The molecule has 1 amide bonds. The highest BCUT2D eigenvalue weighted by Gasteiger charge is 2.28. The van der Waals surface area contributed by atoms with Gasteiger partial charge in [-0.05, 0) is 58.7 Å². The van der Waals surface area contributed by atoms with Gasteiger partial charge < -0.3 is 29.2 Å². The third kappa shape index (κ3) is 7.20. The van der Waals surface area contributed by atoms with Gasteiger partial charge in [0.1, 0.15) is 11.4 Å². The Morgan fingerprint density at radius 2 is 2.11 bits per heavy atom. The van der Waals surface area contributed by atoms with E-state index in [0.717, 1.165) is 12.8 Å². The first kappa shape index (κ1) is 26.0. The maximum Gasteiger partial charge on any atom is 0.410 e. The summed E-state index contributed by atoms with van der Waals surface area (Å²) in [6, 6.07) is 5.25. The van der Waals surface area contributed by atoms with E-state index < -0.39 is 5.60 Å². The third-order valence-corrected chi connectivity index (χ3v) is 5.16. The summed E-state index contributed by atoms with van der Waals surface area (Å²) >= 11 is 0. The lowest BCUT2D eigenvalue weighted by molar-refractivity contribution is 0.0205. The van der Waals surface area contributed by atoms with Gasteiger partial charge in [0.05, 0.1) is 7.11 Å². The molecule has 1 N–H and O–H groups in total. The van der Waals surface area contributed by atoms with Crippen LogP contribution in [0.3, 0.4) is 0 Å². The molecule has 2 aromatic rings. The minimum Gasteiger partial charge on any atom is -0.479 e. The lowest BCUT2D eigenvalue weighted by Crippen LogP contribution is -2.47. The number of carbonyl (C=O) groups is 1. The van der Waals surface area contributed by atoms with Gasteiger partial charge in [-0.25, -0.2) is 4.79 Å². The summed E-state index contributed by atoms with van der Waals surface area (Å²) in [7, 11) is 1.51. The summed E-state index contributed by atoms with van der Waals surface area (Å²) < 4.78 is 22.1. The van der Waals surface area contributed by atoms with E-state index >= 15 is 0 Å². The molecule has 1 aliphatic rings. The van der Waals surface area contributed by atoms with Gasteiger partial charge in [-0.2, -0.15) is 4.98 Å². The first-order valence-corrected chi connectivity index (χ1v) is 11.6. The average Bonchev–Trinajstić information content (AvgIpc) is 2.83. The van der Waals surface area contributed by atoms with Crippen LogP contribution in [0.2, 0.25) is 0 Å². The summed E-state index contributed by atoms with van der Waals surface area (Å²) in [5, 5.41) is 11.9. The molecule has 10 nitrogen and oxygen atoms in total. The number of nitrogens with one attached hydrogen (secondary N) is 1. The summed E-state index contributed by atoms with van der Waals surface area (Å²) in [6.45, 7) is 9.14. The van der Waals surface area contributed by atoms with Gasteiger partial charge >= 0.3 is 6.09 Å². The van der Waals surface area contributed by atoms with E-state index in [2.05, 4.69) is 26.4 Å². The predicted molar refractivity (Wildman–Crippen MR) is 131 cm³/mol. The largest absolute Gasteiger partial charge is 0.479 e. The zero-order chi connectivity index (χ0) is 25.4. The Morgan fingerprint density at radius 1 is 1.31 bits per heavy atom. The number of hydrogen-bond donors (Lipinski definition) is 1. The fourth-order valence-corrected chi connectivity index (χ4v) is 3.57. The number of amides is 1. The molecule has 0 bridgehead atoms. The fourth-order valence-electron chi connectivity index (χ4n) is 3.57. The highest BCUT2D eigenvalue weighted by atomic mass is 16.7. The lowest BCUT2D eigenvalue weighted by Gasteiger charge is -2.34. The molecule has 0 aliphatic carbocycles. The molecule has 0 radical (unpaired) electrons. The van der Waals surface area contributed by atoms with Crippen LogP contribution >= 0.6 is 0 Å². The van der Waals surface area contributed by atoms with Crippen molar-refractivity contribution in [2.75, 3.05) is 38.9 Å². The van der Waals surface area contributed by atoms with Gasteiger partial charge in [-0.15, -0.1) is 16.6 Å². The van der Waals surface area contributed by atoms with E-state index in [9.17, 15) is 4.79 Å². The number of nitrogens with zero attached hydrogens (tertiary/aromatic N) is 4. The minimum atomic E-state index is -0.544. The Labute approximate surface area is 206 Å². The van der Waals surface area contributed by atoms with Crippen LogP contribution < -0.4 is 14.8 Å². The molecule has 188 valence electrons. The Morgan fingerprint density at radius 3 is 2.80 bits per heavy atom. The second-order valence-corrected chi connectivity index (χ2v) is 9.01. The Kier molecular flexibility index (Phi) is 8.71. The van der Waals surface area contributed by atoms with Gasteiger partial charge in [0.25, 0.3) is 0 Å². The van der Waals surface area contributed by atoms with Crippen LogP contribution in [0.15, 0.2) is 18.2 Å². The number of likely N-dealkylation sites (tertiary alicyclic amines) is 1. The number of rotatable bonds is 8. The SMILES string of the molecule is C#Cc1ccc(-c2nnc(N[C@@H]3CCCN(C(=O)OC(C)(C)C)C3)nc2OC)c(OCOCC)c1. The van der Waals surface area contributed by atoms with Crippen molar-refractivity contribution in [2.45, 2.75) is 52.2 Å². The van der Waals surface area contributed by atoms with Crippen LogP contribution in [-0.4, -0.2) is 71.4 Å². The second kappa shape index (κ2) is 11.7. The van der Waals surface area contributed by atoms with Crippen molar-refractivity contribution in [3.05, 3.63) is 23.8 Å². The van der Waals surface area contributed by atoms with E-state index in [4.69, 9.17) is 25.4 Å². The van der Waals surface area contributed by atoms with Gasteiger partial charge in [0, 0.05) is 36.9 Å². The van der Waals surface area contributed by atoms with Crippen LogP contribution in [0.5, 0.6) is 11.6 Å². The maximum absolute atomic E-state index is 12.5. The zero-order valence-electron chi connectivity index (χ0n) is 21.0. The molecule has 1 aromatic heterocycles. The number of ether oxygens (including phenoxy) is 4. The van der Waals surface area contributed by atoms with Crippen molar-refractivity contribution >= 4 is 12.0 Å². The lowest BCUT2D eigenvalue weighted by atomic mass is 10.1. The first-order chi connectivity index (χ1) is 16.7. The summed E-state index contributed by atoms with van der Waals surface area (Å²) in [5.74, 6) is 3.66. The third-order valence-electron chi connectivity index (χ3n) is 5.16. The molecule has 10 heteroatoms. The zero-order valence-corrected chi connectivity index (χ0v) is 21.0. The van der Waals surface area contributed by atoms with Crippen molar-refractivity contribution < 1.29 is 23.7 Å². The number of benzene rings is 1. The monoisotopic (exact) mass is 483 g/mol. The van der Waals surface area contributed by atoms with Crippen molar-refractivity contribution in [1.82, 2.24) is 20.1 Å². The van der Waals surface area contributed by atoms with Crippen molar-refractivity contribution in [3.8, 4) is 35.2 Å². The molecule has 1 saturated heterocycles. The summed E-state index contributed by atoms with van der Waals surface area (Å²) in [5.41, 5.74) is 1.15. The molecule has 35 heavy (non-hydrogen) atoms.